The molecule has 0 saturated carbocycles. The summed E-state index contributed by atoms with van der Waals surface area (Å²) in [5.41, 5.74) is 5.06. The average Bonchev–Trinajstić information content (AvgIpc) is 2.46. The Morgan fingerprint density at radius 2 is 2.00 bits per heavy atom. The highest BCUT2D eigenvalue weighted by atomic mass is 19.4. The maximum absolute atomic E-state index is 12.6. The van der Waals surface area contributed by atoms with Gasteiger partial charge < -0.3 is 10.9 Å². The minimum Gasteiger partial charge on any atom is -0.409 e. The van der Waals surface area contributed by atoms with E-state index in [-0.39, 0.29) is 22.9 Å². The van der Waals surface area contributed by atoms with Crippen molar-refractivity contribution >= 4 is 5.84 Å². The van der Waals surface area contributed by atoms with Crippen LogP contribution in [0.5, 0.6) is 0 Å². The second kappa shape index (κ2) is 5.16. The molecule has 0 fully saturated rings. The minimum atomic E-state index is -4.43. The molecule has 1 aromatic carbocycles. The van der Waals surface area contributed by atoms with Crippen LogP contribution >= 0.6 is 0 Å². The number of rotatable bonds is 2. The van der Waals surface area contributed by atoms with Gasteiger partial charge in [0.15, 0.2) is 5.82 Å². The number of aromatic nitrogens is 2. The molecule has 3 N–H and O–H groups in total. The fraction of sp³-hybridized carbons (Fsp3) is 0.0833. The summed E-state index contributed by atoms with van der Waals surface area (Å²) in [7, 11) is 0. The van der Waals surface area contributed by atoms with E-state index in [0.29, 0.717) is 0 Å². The molecule has 0 bridgehead atoms. The van der Waals surface area contributed by atoms with Gasteiger partial charge in [-0.25, -0.2) is 9.97 Å². The van der Waals surface area contributed by atoms with E-state index in [1.165, 1.54) is 24.4 Å². The summed E-state index contributed by atoms with van der Waals surface area (Å²) in [6.07, 6.45) is -3.12. The van der Waals surface area contributed by atoms with Gasteiger partial charge in [-0.15, -0.1) is 0 Å². The van der Waals surface area contributed by atoms with Crippen molar-refractivity contribution in [1.82, 2.24) is 9.97 Å². The number of oxime groups is 1. The standard InChI is InChI=1S/C12H9F3N4O/c13-12(14,15)8-3-1-2-7(6-8)9-4-5-17-11(18-9)10(16)19-20/h1-6,20H,(H2,16,19). The van der Waals surface area contributed by atoms with Crippen LogP contribution in [-0.4, -0.2) is 21.0 Å². The summed E-state index contributed by atoms with van der Waals surface area (Å²) >= 11 is 0. The van der Waals surface area contributed by atoms with E-state index in [1.54, 1.807) is 0 Å². The van der Waals surface area contributed by atoms with E-state index >= 15 is 0 Å². The van der Waals surface area contributed by atoms with Gasteiger partial charge in [0, 0.05) is 11.8 Å². The lowest BCUT2D eigenvalue weighted by molar-refractivity contribution is -0.137. The van der Waals surface area contributed by atoms with Gasteiger partial charge in [-0.3, -0.25) is 0 Å². The lowest BCUT2D eigenvalue weighted by atomic mass is 10.1. The van der Waals surface area contributed by atoms with Gasteiger partial charge in [0.2, 0.25) is 5.84 Å². The number of alkyl halides is 3. The van der Waals surface area contributed by atoms with Gasteiger partial charge in [0.25, 0.3) is 0 Å². The summed E-state index contributed by atoms with van der Waals surface area (Å²) in [6, 6.07) is 6.13. The van der Waals surface area contributed by atoms with Crippen LogP contribution in [0, 0.1) is 0 Å². The molecule has 0 aliphatic heterocycles. The van der Waals surface area contributed by atoms with Crippen molar-refractivity contribution < 1.29 is 18.4 Å². The van der Waals surface area contributed by atoms with Crippen molar-refractivity contribution in [1.29, 1.82) is 0 Å². The van der Waals surface area contributed by atoms with E-state index in [0.717, 1.165) is 12.1 Å². The van der Waals surface area contributed by atoms with E-state index in [9.17, 15) is 13.2 Å². The highest BCUT2D eigenvalue weighted by molar-refractivity contribution is 5.93. The Bertz CT molecular complexity index is 655. The normalized spacial score (nSPS) is 12.4. The predicted octanol–water partition coefficient (Wildman–Crippen LogP) is 2.26. The van der Waals surface area contributed by atoms with Crippen molar-refractivity contribution in [3.05, 3.63) is 47.9 Å². The number of benzene rings is 1. The molecular formula is C12H9F3N4O. The highest BCUT2D eigenvalue weighted by Gasteiger charge is 2.30. The van der Waals surface area contributed by atoms with Crippen molar-refractivity contribution in [2.75, 3.05) is 0 Å². The first-order chi connectivity index (χ1) is 9.41. The first-order valence-electron chi connectivity index (χ1n) is 5.40. The number of amidine groups is 1. The van der Waals surface area contributed by atoms with E-state index in [4.69, 9.17) is 10.9 Å². The predicted molar refractivity (Wildman–Crippen MR) is 65.0 cm³/mol. The molecule has 0 radical (unpaired) electrons. The Kier molecular flexibility index (Phi) is 3.55. The van der Waals surface area contributed by atoms with Crippen LogP contribution in [-0.2, 0) is 6.18 Å². The monoisotopic (exact) mass is 282 g/mol. The van der Waals surface area contributed by atoms with Crippen LogP contribution in [0.2, 0.25) is 0 Å². The number of halogens is 3. The molecular weight excluding hydrogens is 273 g/mol. The lowest BCUT2D eigenvalue weighted by Gasteiger charge is -2.08. The zero-order chi connectivity index (χ0) is 14.8. The largest absolute Gasteiger partial charge is 0.416 e. The molecule has 5 nitrogen and oxygen atoms in total. The Labute approximate surface area is 111 Å². The van der Waals surface area contributed by atoms with Crippen molar-refractivity contribution in [2.45, 2.75) is 6.18 Å². The molecule has 8 heteroatoms. The number of hydrogen-bond donors (Lipinski definition) is 2. The van der Waals surface area contributed by atoms with Gasteiger partial charge in [0.1, 0.15) is 0 Å². The molecule has 2 rings (SSSR count). The molecule has 1 aromatic heterocycles. The molecule has 0 atom stereocenters. The quantitative estimate of drug-likeness (QED) is 0.383. The Morgan fingerprint density at radius 3 is 2.65 bits per heavy atom. The van der Waals surface area contributed by atoms with Crippen molar-refractivity contribution in [3.63, 3.8) is 0 Å². The van der Waals surface area contributed by atoms with Crippen molar-refractivity contribution in [2.24, 2.45) is 10.9 Å². The molecule has 0 spiro atoms. The number of nitrogens with zero attached hydrogens (tertiary/aromatic N) is 3. The van der Waals surface area contributed by atoms with Crippen LogP contribution in [0.3, 0.4) is 0 Å². The second-order valence-electron chi connectivity index (χ2n) is 3.83. The van der Waals surface area contributed by atoms with E-state index in [2.05, 4.69) is 15.1 Å². The first kappa shape index (κ1) is 13.8. The summed E-state index contributed by atoms with van der Waals surface area (Å²) in [5, 5.41) is 11.3. The third-order valence-corrected chi connectivity index (χ3v) is 2.48. The van der Waals surface area contributed by atoms with Crippen LogP contribution in [0.25, 0.3) is 11.3 Å². The maximum atomic E-state index is 12.6. The maximum Gasteiger partial charge on any atom is 0.416 e. The van der Waals surface area contributed by atoms with Gasteiger partial charge >= 0.3 is 6.18 Å². The SMILES string of the molecule is NC(=NO)c1nccc(-c2cccc(C(F)(F)F)c2)n1. The molecule has 0 unspecified atom stereocenters. The van der Waals surface area contributed by atoms with Crippen molar-refractivity contribution in [3.8, 4) is 11.3 Å². The first-order valence-corrected chi connectivity index (χ1v) is 5.40. The van der Waals surface area contributed by atoms with Gasteiger partial charge in [-0.1, -0.05) is 17.3 Å². The minimum absolute atomic E-state index is 0.0672. The van der Waals surface area contributed by atoms with E-state index < -0.39 is 11.7 Å². The van der Waals surface area contributed by atoms with Gasteiger partial charge in [0.05, 0.1) is 11.3 Å². The average molecular weight is 282 g/mol. The molecule has 0 aliphatic carbocycles. The third-order valence-electron chi connectivity index (χ3n) is 2.48. The highest BCUT2D eigenvalue weighted by Crippen LogP contribution is 2.31. The third kappa shape index (κ3) is 2.85. The smallest absolute Gasteiger partial charge is 0.409 e. The Balaban J connectivity index is 2.47. The fourth-order valence-corrected chi connectivity index (χ4v) is 1.54. The van der Waals surface area contributed by atoms with Gasteiger partial charge in [-0.05, 0) is 18.2 Å². The summed E-state index contributed by atoms with van der Waals surface area (Å²) in [6.45, 7) is 0. The molecule has 0 saturated heterocycles. The topological polar surface area (TPSA) is 84.4 Å². The lowest BCUT2D eigenvalue weighted by Crippen LogP contribution is -2.17. The molecule has 20 heavy (non-hydrogen) atoms. The summed E-state index contributed by atoms with van der Waals surface area (Å²) in [5.74, 6) is -0.388. The summed E-state index contributed by atoms with van der Waals surface area (Å²) < 4.78 is 37.9. The fourth-order valence-electron chi connectivity index (χ4n) is 1.54. The molecule has 1 heterocycles. The van der Waals surface area contributed by atoms with Crippen LogP contribution in [0.1, 0.15) is 11.4 Å². The van der Waals surface area contributed by atoms with Crippen LogP contribution in [0.15, 0.2) is 41.7 Å². The molecule has 2 aromatic rings. The number of nitrogens with two attached hydrogens (primary N) is 1. The zero-order valence-electron chi connectivity index (χ0n) is 9.96. The number of hydrogen-bond acceptors (Lipinski definition) is 4. The molecule has 104 valence electrons. The van der Waals surface area contributed by atoms with Crippen LogP contribution < -0.4 is 5.73 Å². The summed E-state index contributed by atoms with van der Waals surface area (Å²) in [4.78, 5) is 7.70. The zero-order valence-corrected chi connectivity index (χ0v) is 9.96. The van der Waals surface area contributed by atoms with E-state index in [1.807, 2.05) is 0 Å². The molecule has 0 amide bonds. The Hall–Kier alpha value is -2.64. The Morgan fingerprint density at radius 1 is 1.25 bits per heavy atom. The molecule has 0 aliphatic rings. The van der Waals surface area contributed by atoms with Gasteiger partial charge in [-0.2, -0.15) is 13.2 Å². The van der Waals surface area contributed by atoms with Crippen LogP contribution in [0.4, 0.5) is 13.2 Å². The second-order valence-corrected chi connectivity index (χ2v) is 3.83.